The highest BCUT2D eigenvalue weighted by molar-refractivity contribution is 5.56. The van der Waals surface area contributed by atoms with Crippen LogP contribution in [-0.2, 0) is 12.8 Å². The smallest absolute Gasteiger partial charge is 0.392 e. The van der Waals surface area contributed by atoms with Crippen molar-refractivity contribution < 1.29 is 18.3 Å². The summed E-state index contributed by atoms with van der Waals surface area (Å²) in [7, 11) is 0. The molecule has 1 aromatic rings. The fourth-order valence-electron chi connectivity index (χ4n) is 2.67. The number of rotatable bonds is 2. The maximum atomic E-state index is 13.2. The number of aliphatic hydroxyl groups is 1. The fraction of sp³-hybridized carbons (Fsp3) is 0.600. The van der Waals surface area contributed by atoms with Gasteiger partial charge in [0.15, 0.2) is 0 Å². The molecule has 1 heterocycles. The molecule has 0 bridgehead atoms. The molecule has 112 valence electrons. The standard InChI is InChI=1S/C15H20F3NO/c16-15(17,18)13-10-12(11-20)6-7-14(13)19-8-4-2-1-3-5-9-19/h6-7,10,20H,1-5,8-9,11H2. The molecule has 2 rings (SSSR count). The van der Waals surface area contributed by atoms with Crippen LogP contribution in [0.15, 0.2) is 18.2 Å². The molecule has 0 saturated carbocycles. The lowest BCUT2D eigenvalue weighted by Gasteiger charge is -2.29. The quantitative estimate of drug-likeness (QED) is 0.889. The molecule has 0 aromatic heterocycles. The molecule has 1 aliphatic heterocycles. The van der Waals surface area contributed by atoms with E-state index in [1.54, 1.807) is 6.07 Å². The van der Waals surface area contributed by atoms with E-state index >= 15 is 0 Å². The Morgan fingerprint density at radius 2 is 1.60 bits per heavy atom. The summed E-state index contributed by atoms with van der Waals surface area (Å²) >= 11 is 0. The summed E-state index contributed by atoms with van der Waals surface area (Å²) < 4.78 is 39.6. The van der Waals surface area contributed by atoms with Crippen molar-refractivity contribution in [3.05, 3.63) is 29.3 Å². The van der Waals surface area contributed by atoms with E-state index in [4.69, 9.17) is 5.11 Å². The molecule has 0 amide bonds. The summed E-state index contributed by atoms with van der Waals surface area (Å²) in [6.45, 7) is 0.965. The number of nitrogens with zero attached hydrogens (tertiary/aromatic N) is 1. The molecule has 1 fully saturated rings. The second kappa shape index (κ2) is 6.48. The van der Waals surface area contributed by atoms with Gasteiger partial charge in [-0.05, 0) is 30.5 Å². The van der Waals surface area contributed by atoms with Gasteiger partial charge in [-0.25, -0.2) is 0 Å². The van der Waals surface area contributed by atoms with Crippen molar-refractivity contribution in [1.29, 1.82) is 0 Å². The number of halogens is 3. The van der Waals surface area contributed by atoms with Crippen LogP contribution in [-0.4, -0.2) is 18.2 Å². The van der Waals surface area contributed by atoms with Gasteiger partial charge in [-0.15, -0.1) is 0 Å². The zero-order valence-electron chi connectivity index (χ0n) is 11.4. The molecule has 0 atom stereocenters. The van der Waals surface area contributed by atoms with E-state index in [1.165, 1.54) is 12.5 Å². The first-order valence-corrected chi connectivity index (χ1v) is 7.08. The molecule has 2 nitrogen and oxygen atoms in total. The van der Waals surface area contributed by atoms with Crippen LogP contribution in [0.5, 0.6) is 0 Å². The van der Waals surface area contributed by atoms with Crippen LogP contribution in [0.25, 0.3) is 0 Å². The highest BCUT2D eigenvalue weighted by Gasteiger charge is 2.35. The monoisotopic (exact) mass is 287 g/mol. The minimum absolute atomic E-state index is 0.247. The third kappa shape index (κ3) is 3.66. The molecular weight excluding hydrogens is 267 g/mol. The van der Waals surface area contributed by atoms with Crippen molar-refractivity contribution in [2.24, 2.45) is 0 Å². The van der Waals surface area contributed by atoms with Gasteiger partial charge in [-0.1, -0.05) is 25.3 Å². The number of hydrogen-bond donors (Lipinski definition) is 1. The lowest BCUT2D eigenvalue weighted by molar-refractivity contribution is -0.137. The molecule has 5 heteroatoms. The number of anilines is 1. The molecule has 0 unspecified atom stereocenters. The fourth-order valence-corrected chi connectivity index (χ4v) is 2.67. The Kier molecular flexibility index (Phi) is 4.91. The molecule has 1 aliphatic rings. The average molecular weight is 287 g/mol. The molecule has 0 aliphatic carbocycles. The van der Waals surface area contributed by atoms with E-state index in [0.29, 0.717) is 18.7 Å². The number of alkyl halides is 3. The Bertz CT molecular complexity index is 437. The van der Waals surface area contributed by atoms with Gasteiger partial charge in [0.1, 0.15) is 0 Å². The van der Waals surface area contributed by atoms with Crippen molar-refractivity contribution >= 4 is 5.69 Å². The molecule has 1 N–H and O–H groups in total. The second-order valence-corrected chi connectivity index (χ2v) is 5.26. The Hall–Kier alpha value is -1.23. The first kappa shape index (κ1) is 15.2. The second-order valence-electron chi connectivity index (χ2n) is 5.26. The van der Waals surface area contributed by atoms with Gasteiger partial charge in [0.2, 0.25) is 0 Å². The number of hydrogen-bond acceptors (Lipinski definition) is 2. The van der Waals surface area contributed by atoms with Gasteiger partial charge in [0.05, 0.1) is 12.2 Å². The molecule has 20 heavy (non-hydrogen) atoms. The van der Waals surface area contributed by atoms with Crippen molar-refractivity contribution in [2.45, 2.75) is 44.9 Å². The minimum atomic E-state index is -4.39. The molecular formula is C15H20F3NO. The van der Waals surface area contributed by atoms with E-state index in [9.17, 15) is 13.2 Å². The van der Waals surface area contributed by atoms with Crippen LogP contribution < -0.4 is 4.90 Å². The van der Waals surface area contributed by atoms with E-state index in [0.717, 1.165) is 31.7 Å². The van der Waals surface area contributed by atoms with Gasteiger partial charge >= 0.3 is 6.18 Å². The zero-order chi connectivity index (χ0) is 14.6. The van der Waals surface area contributed by atoms with Gasteiger partial charge in [0, 0.05) is 18.8 Å². The third-order valence-corrected chi connectivity index (χ3v) is 3.75. The summed E-state index contributed by atoms with van der Waals surface area (Å²) in [5.74, 6) is 0. The van der Waals surface area contributed by atoms with Crippen LogP contribution in [0.4, 0.5) is 18.9 Å². The van der Waals surface area contributed by atoms with Gasteiger partial charge in [0.25, 0.3) is 0 Å². The van der Waals surface area contributed by atoms with Crippen molar-refractivity contribution in [2.75, 3.05) is 18.0 Å². The Labute approximate surface area is 117 Å². The largest absolute Gasteiger partial charge is 0.418 e. The Morgan fingerprint density at radius 1 is 1.00 bits per heavy atom. The van der Waals surface area contributed by atoms with Crippen LogP contribution in [0, 0.1) is 0 Å². The van der Waals surface area contributed by atoms with Crippen molar-refractivity contribution in [3.8, 4) is 0 Å². The Morgan fingerprint density at radius 3 is 2.15 bits per heavy atom. The summed E-state index contributed by atoms with van der Waals surface area (Å²) in [6, 6.07) is 4.13. The van der Waals surface area contributed by atoms with E-state index in [1.807, 2.05) is 4.90 Å². The minimum Gasteiger partial charge on any atom is -0.392 e. The van der Waals surface area contributed by atoms with Crippen LogP contribution >= 0.6 is 0 Å². The van der Waals surface area contributed by atoms with Gasteiger partial charge in [-0.2, -0.15) is 13.2 Å². The van der Waals surface area contributed by atoms with Gasteiger partial charge < -0.3 is 10.0 Å². The van der Waals surface area contributed by atoms with Crippen molar-refractivity contribution in [1.82, 2.24) is 0 Å². The average Bonchev–Trinajstić information content (AvgIpc) is 2.37. The van der Waals surface area contributed by atoms with Crippen LogP contribution in [0.2, 0.25) is 0 Å². The highest BCUT2D eigenvalue weighted by Crippen LogP contribution is 2.37. The lowest BCUT2D eigenvalue weighted by atomic mass is 10.0. The predicted molar refractivity (Wildman–Crippen MR) is 72.7 cm³/mol. The molecule has 0 spiro atoms. The maximum absolute atomic E-state index is 13.2. The highest BCUT2D eigenvalue weighted by atomic mass is 19.4. The SMILES string of the molecule is OCc1ccc(N2CCCCCCC2)c(C(F)(F)F)c1. The van der Waals surface area contributed by atoms with Gasteiger partial charge in [-0.3, -0.25) is 0 Å². The molecule has 0 radical (unpaired) electrons. The third-order valence-electron chi connectivity index (χ3n) is 3.75. The number of aliphatic hydroxyl groups excluding tert-OH is 1. The first-order chi connectivity index (χ1) is 9.52. The van der Waals surface area contributed by atoms with E-state index in [-0.39, 0.29) is 12.3 Å². The van der Waals surface area contributed by atoms with E-state index < -0.39 is 11.7 Å². The molecule has 1 saturated heterocycles. The summed E-state index contributed by atoms with van der Waals surface area (Å²) in [5.41, 5.74) is -0.0886. The van der Waals surface area contributed by atoms with E-state index in [2.05, 4.69) is 0 Å². The Balaban J connectivity index is 2.33. The predicted octanol–water partition coefficient (Wildman–Crippen LogP) is 3.97. The van der Waals surface area contributed by atoms with Crippen molar-refractivity contribution in [3.63, 3.8) is 0 Å². The lowest BCUT2D eigenvalue weighted by Crippen LogP contribution is -2.29. The summed E-state index contributed by atoms with van der Waals surface area (Å²) in [5, 5.41) is 9.03. The zero-order valence-corrected chi connectivity index (χ0v) is 11.4. The summed E-state index contributed by atoms with van der Waals surface area (Å²) in [4.78, 5) is 1.84. The topological polar surface area (TPSA) is 23.5 Å². The van der Waals surface area contributed by atoms with Crippen LogP contribution in [0.3, 0.4) is 0 Å². The first-order valence-electron chi connectivity index (χ1n) is 7.08. The number of benzene rings is 1. The van der Waals surface area contributed by atoms with Crippen LogP contribution in [0.1, 0.15) is 43.2 Å². The summed E-state index contributed by atoms with van der Waals surface area (Å²) in [6.07, 6.45) is 0.795. The molecule has 1 aromatic carbocycles. The maximum Gasteiger partial charge on any atom is 0.418 e. The normalized spacial score (nSPS) is 17.7.